The fourth-order valence-electron chi connectivity index (χ4n) is 1.49. The van der Waals surface area contributed by atoms with Crippen molar-refractivity contribution in [1.82, 2.24) is 0 Å². The zero-order valence-electron chi connectivity index (χ0n) is 9.37. The molecule has 0 fully saturated rings. The van der Waals surface area contributed by atoms with E-state index in [9.17, 15) is 0 Å². The largest absolute Gasteiger partial charge is 0.488 e. The Morgan fingerprint density at radius 1 is 1.35 bits per heavy atom. The zero-order chi connectivity index (χ0) is 12.3. The lowest BCUT2D eigenvalue weighted by atomic mass is 10.1. The van der Waals surface area contributed by atoms with E-state index in [1.807, 2.05) is 29.6 Å². The zero-order valence-corrected chi connectivity index (χ0v) is 12.5. The normalized spacial score (nSPS) is 10.5. The van der Waals surface area contributed by atoms with Crippen molar-refractivity contribution in [3.8, 4) is 5.75 Å². The molecule has 0 unspecified atom stereocenters. The topological polar surface area (TPSA) is 9.23 Å². The van der Waals surface area contributed by atoms with Crippen molar-refractivity contribution in [2.75, 3.05) is 0 Å². The Morgan fingerprint density at radius 3 is 2.82 bits per heavy atom. The van der Waals surface area contributed by atoms with E-state index in [2.05, 4.69) is 22.9 Å². The van der Waals surface area contributed by atoms with Gasteiger partial charge in [-0.1, -0.05) is 18.5 Å². The first-order valence-corrected chi connectivity index (χ1v) is 7.39. The quantitative estimate of drug-likeness (QED) is 0.738. The molecule has 0 bridgehead atoms. The van der Waals surface area contributed by atoms with Gasteiger partial charge in [0, 0.05) is 9.50 Å². The standard InChI is InChI=1S/C13H12BrClOS/c1-2-9-7-10(3-4-12(9)15)16-8-13-11(14)5-6-17-13/h3-7H,2,8H2,1H3. The van der Waals surface area contributed by atoms with E-state index in [4.69, 9.17) is 16.3 Å². The summed E-state index contributed by atoms with van der Waals surface area (Å²) in [5.74, 6) is 0.867. The molecule has 0 aliphatic carbocycles. The highest BCUT2D eigenvalue weighted by Crippen LogP contribution is 2.26. The van der Waals surface area contributed by atoms with Crippen molar-refractivity contribution >= 4 is 38.9 Å². The van der Waals surface area contributed by atoms with Crippen LogP contribution >= 0.6 is 38.9 Å². The molecule has 2 aromatic rings. The maximum atomic E-state index is 6.06. The highest BCUT2D eigenvalue weighted by atomic mass is 79.9. The van der Waals surface area contributed by atoms with E-state index in [1.54, 1.807) is 11.3 Å². The molecule has 0 spiro atoms. The molecule has 4 heteroatoms. The maximum absolute atomic E-state index is 6.06. The van der Waals surface area contributed by atoms with Gasteiger partial charge < -0.3 is 4.74 Å². The van der Waals surface area contributed by atoms with Crippen LogP contribution in [0.1, 0.15) is 17.4 Å². The van der Waals surface area contributed by atoms with Crippen molar-refractivity contribution < 1.29 is 4.74 Å². The van der Waals surface area contributed by atoms with E-state index in [1.165, 1.54) is 4.88 Å². The van der Waals surface area contributed by atoms with Gasteiger partial charge in [0.2, 0.25) is 0 Å². The smallest absolute Gasteiger partial charge is 0.124 e. The summed E-state index contributed by atoms with van der Waals surface area (Å²) in [7, 11) is 0. The van der Waals surface area contributed by atoms with E-state index < -0.39 is 0 Å². The maximum Gasteiger partial charge on any atom is 0.124 e. The van der Waals surface area contributed by atoms with Crippen LogP contribution in [0.25, 0.3) is 0 Å². The number of aryl methyl sites for hydroxylation is 1. The van der Waals surface area contributed by atoms with E-state index >= 15 is 0 Å². The van der Waals surface area contributed by atoms with Crippen molar-refractivity contribution in [3.63, 3.8) is 0 Å². The van der Waals surface area contributed by atoms with Crippen molar-refractivity contribution in [3.05, 3.63) is 49.6 Å². The predicted octanol–water partition coefficient (Wildman–Crippen LogP) is 5.31. The van der Waals surface area contributed by atoms with Crippen LogP contribution in [-0.2, 0) is 13.0 Å². The van der Waals surface area contributed by atoms with Gasteiger partial charge in [-0.3, -0.25) is 0 Å². The number of halogens is 2. The highest BCUT2D eigenvalue weighted by Gasteiger charge is 2.04. The summed E-state index contributed by atoms with van der Waals surface area (Å²) < 4.78 is 6.85. The summed E-state index contributed by atoms with van der Waals surface area (Å²) in [6.07, 6.45) is 0.915. The Kier molecular flexibility index (Phi) is 4.48. The first-order chi connectivity index (χ1) is 8.20. The number of hydrogen-bond donors (Lipinski definition) is 0. The van der Waals surface area contributed by atoms with Crippen LogP contribution in [0, 0.1) is 0 Å². The van der Waals surface area contributed by atoms with Crippen LogP contribution in [0.2, 0.25) is 5.02 Å². The molecule has 1 aromatic carbocycles. The Hall–Kier alpha value is -0.510. The molecule has 0 atom stereocenters. The molecule has 1 aromatic heterocycles. The molecule has 0 N–H and O–H groups in total. The van der Waals surface area contributed by atoms with Crippen LogP contribution in [0.15, 0.2) is 34.1 Å². The van der Waals surface area contributed by atoms with Gasteiger partial charge in [0.25, 0.3) is 0 Å². The molecular weight excluding hydrogens is 320 g/mol. The van der Waals surface area contributed by atoms with Crippen molar-refractivity contribution in [1.29, 1.82) is 0 Å². The fraction of sp³-hybridized carbons (Fsp3) is 0.231. The molecule has 0 saturated carbocycles. The molecule has 17 heavy (non-hydrogen) atoms. The van der Waals surface area contributed by atoms with Gasteiger partial charge in [-0.05, 0) is 57.6 Å². The number of rotatable bonds is 4. The second-order valence-electron chi connectivity index (χ2n) is 3.59. The number of thiophene rings is 1. The van der Waals surface area contributed by atoms with Crippen LogP contribution < -0.4 is 4.74 Å². The third kappa shape index (κ3) is 3.24. The van der Waals surface area contributed by atoms with E-state index in [-0.39, 0.29) is 0 Å². The molecule has 0 aliphatic rings. The third-order valence-corrected chi connectivity index (χ3v) is 4.73. The van der Waals surface area contributed by atoms with Crippen molar-refractivity contribution in [2.45, 2.75) is 20.0 Å². The second-order valence-corrected chi connectivity index (χ2v) is 5.85. The molecule has 0 aliphatic heterocycles. The van der Waals surface area contributed by atoms with Gasteiger partial charge >= 0.3 is 0 Å². The summed E-state index contributed by atoms with van der Waals surface area (Å²) in [6.45, 7) is 2.67. The number of ether oxygens (including phenoxy) is 1. The first-order valence-electron chi connectivity index (χ1n) is 5.33. The molecule has 0 saturated heterocycles. The molecule has 90 valence electrons. The lowest BCUT2D eigenvalue weighted by molar-refractivity contribution is 0.309. The van der Waals surface area contributed by atoms with Gasteiger partial charge in [-0.15, -0.1) is 11.3 Å². The predicted molar refractivity (Wildman–Crippen MR) is 77.2 cm³/mol. The number of hydrogen-bond acceptors (Lipinski definition) is 2. The van der Waals surface area contributed by atoms with Crippen LogP contribution in [0.5, 0.6) is 5.75 Å². The Morgan fingerprint density at radius 2 is 2.18 bits per heavy atom. The lowest BCUT2D eigenvalue weighted by Crippen LogP contribution is -1.94. The SMILES string of the molecule is CCc1cc(OCc2sccc2Br)ccc1Cl. The molecular formula is C13H12BrClOS. The second kappa shape index (κ2) is 5.89. The molecule has 0 amide bonds. The average Bonchev–Trinajstić information content (AvgIpc) is 2.74. The minimum Gasteiger partial charge on any atom is -0.488 e. The summed E-state index contributed by atoms with van der Waals surface area (Å²) in [6, 6.07) is 7.83. The van der Waals surface area contributed by atoms with Gasteiger partial charge in [0.1, 0.15) is 12.4 Å². The molecule has 2 rings (SSSR count). The van der Waals surface area contributed by atoms with Crippen LogP contribution in [-0.4, -0.2) is 0 Å². The third-order valence-electron chi connectivity index (χ3n) is 2.46. The monoisotopic (exact) mass is 330 g/mol. The molecule has 1 heterocycles. The molecule has 1 nitrogen and oxygen atoms in total. The van der Waals surface area contributed by atoms with Gasteiger partial charge in [-0.2, -0.15) is 0 Å². The summed E-state index contributed by atoms with van der Waals surface area (Å²) in [4.78, 5) is 1.19. The minimum absolute atomic E-state index is 0.586. The van der Waals surface area contributed by atoms with Crippen molar-refractivity contribution in [2.24, 2.45) is 0 Å². The van der Waals surface area contributed by atoms with E-state index in [0.29, 0.717) is 6.61 Å². The Labute approximate surface area is 119 Å². The first kappa shape index (κ1) is 12.9. The summed E-state index contributed by atoms with van der Waals surface area (Å²) >= 11 is 11.2. The number of benzene rings is 1. The highest BCUT2D eigenvalue weighted by molar-refractivity contribution is 9.10. The lowest BCUT2D eigenvalue weighted by Gasteiger charge is -2.08. The van der Waals surface area contributed by atoms with Gasteiger partial charge in [-0.25, -0.2) is 0 Å². The molecule has 0 radical (unpaired) electrons. The van der Waals surface area contributed by atoms with Gasteiger partial charge in [0.15, 0.2) is 0 Å². The van der Waals surface area contributed by atoms with E-state index in [0.717, 1.165) is 27.2 Å². The summed E-state index contributed by atoms with van der Waals surface area (Å²) in [5.41, 5.74) is 1.12. The fourth-order valence-corrected chi connectivity index (χ4v) is 3.12. The minimum atomic E-state index is 0.586. The average molecular weight is 332 g/mol. The van der Waals surface area contributed by atoms with Crippen LogP contribution in [0.4, 0.5) is 0 Å². The van der Waals surface area contributed by atoms with Crippen LogP contribution in [0.3, 0.4) is 0 Å². The summed E-state index contributed by atoms with van der Waals surface area (Å²) in [5, 5.41) is 2.85. The van der Waals surface area contributed by atoms with Gasteiger partial charge in [0.05, 0.1) is 4.88 Å². The Bertz CT molecular complexity index is 510. The Balaban J connectivity index is 2.07.